The van der Waals surface area contributed by atoms with Gasteiger partial charge in [-0.05, 0) is 25.3 Å². The quantitative estimate of drug-likeness (QED) is 0.708. The first kappa shape index (κ1) is 16.2. The zero-order valence-electron chi connectivity index (χ0n) is 10.7. The van der Waals surface area contributed by atoms with Crippen molar-refractivity contribution < 1.29 is 13.2 Å². The zero-order valence-corrected chi connectivity index (χ0v) is 12.3. The maximum absolute atomic E-state index is 11.9. The number of rotatable bonds is 8. The molecule has 1 aromatic heterocycles. The number of hydrogen-bond acceptors (Lipinski definition) is 5. The van der Waals surface area contributed by atoms with Gasteiger partial charge in [0.1, 0.15) is 10.7 Å². The van der Waals surface area contributed by atoms with Gasteiger partial charge in [0.15, 0.2) is 0 Å². The fourth-order valence-corrected chi connectivity index (χ4v) is 2.69. The Morgan fingerprint density at radius 2 is 2.16 bits per heavy atom. The molecule has 1 heterocycles. The number of nitrogens with zero attached hydrogens (tertiary/aromatic N) is 1. The van der Waals surface area contributed by atoms with Crippen LogP contribution in [-0.4, -0.2) is 33.7 Å². The highest BCUT2D eigenvalue weighted by molar-refractivity contribution is 7.89. The lowest BCUT2D eigenvalue weighted by Crippen LogP contribution is -2.25. The Balaban J connectivity index is 2.49. The van der Waals surface area contributed by atoms with Gasteiger partial charge in [0, 0.05) is 26.5 Å². The summed E-state index contributed by atoms with van der Waals surface area (Å²) in [4.78, 5) is 3.74. The third kappa shape index (κ3) is 5.32. The number of anilines is 1. The van der Waals surface area contributed by atoms with Crippen LogP contribution in [0.5, 0.6) is 0 Å². The van der Waals surface area contributed by atoms with Crippen molar-refractivity contribution in [2.75, 3.05) is 26.0 Å². The summed E-state index contributed by atoms with van der Waals surface area (Å²) in [6.45, 7) is 1.05. The van der Waals surface area contributed by atoms with Gasteiger partial charge >= 0.3 is 0 Å². The topological polar surface area (TPSA) is 94.3 Å². The summed E-state index contributed by atoms with van der Waals surface area (Å²) in [7, 11) is -1.94. The van der Waals surface area contributed by atoms with Crippen molar-refractivity contribution in [2.45, 2.75) is 24.2 Å². The molecular weight excluding hydrogens is 290 g/mol. The highest BCUT2D eigenvalue weighted by Crippen LogP contribution is 2.19. The lowest BCUT2D eigenvalue weighted by molar-refractivity contribution is 0.192. The van der Waals surface area contributed by atoms with Gasteiger partial charge in [-0.15, -0.1) is 0 Å². The fourth-order valence-electron chi connectivity index (χ4n) is 1.42. The smallest absolute Gasteiger partial charge is 0.242 e. The van der Waals surface area contributed by atoms with Gasteiger partial charge < -0.3 is 10.5 Å². The third-order valence-electron chi connectivity index (χ3n) is 2.47. The van der Waals surface area contributed by atoms with E-state index in [2.05, 4.69) is 9.71 Å². The van der Waals surface area contributed by atoms with Crippen LogP contribution < -0.4 is 10.5 Å². The minimum absolute atomic E-state index is 0.0172. The van der Waals surface area contributed by atoms with E-state index in [1.165, 1.54) is 12.3 Å². The van der Waals surface area contributed by atoms with Crippen LogP contribution in [0.4, 0.5) is 5.82 Å². The van der Waals surface area contributed by atoms with Crippen molar-refractivity contribution in [3.8, 4) is 0 Å². The molecule has 0 atom stereocenters. The van der Waals surface area contributed by atoms with Crippen LogP contribution in [0.2, 0.25) is 5.02 Å². The van der Waals surface area contributed by atoms with E-state index < -0.39 is 10.0 Å². The number of halogens is 1. The Labute approximate surface area is 118 Å². The number of unbranched alkanes of at least 4 members (excludes halogenated alkanes) is 2. The molecule has 1 aromatic rings. The second-order valence-corrected chi connectivity index (χ2v) is 6.16. The van der Waals surface area contributed by atoms with E-state index in [0.717, 1.165) is 19.3 Å². The molecule has 19 heavy (non-hydrogen) atoms. The van der Waals surface area contributed by atoms with Crippen molar-refractivity contribution in [3.05, 3.63) is 17.3 Å². The number of nitrogens with one attached hydrogen (secondary N) is 1. The first-order chi connectivity index (χ1) is 8.97. The Kier molecular flexibility index (Phi) is 6.50. The normalized spacial score (nSPS) is 11.7. The minimum Gasteiger partial charge on any atom is -0.385 e. The number of nitrogens with two attached hydrogens (primary N) is 1. The van der Waals surface area contributed by atoms with Crippen molar-refractivity contribution >= 4 is 27.4 Å². The molecule has 0 aromatic carbocycles. The molecule has 0 saturated carbocycles. The molecule has 108 valence electrons. The van der Waals surface area contributed by atoms with E-state index in [0.29, 0.717) is 13.2 Å². The number of ether oxygens (including phenoxy) is 1. The number of pyridine rings is 1. The fraction of sp³-hybridized carbons (Fsp3) is 0.545. The van der Waals surface area contributed by atoms with E-state index in [4.69, 9.17) is 22.1 Å². The summed E-state index contributed by atoms with van der Waals surface area (Å²) in [5.74, 6) is 0.111. The SMILES string of the molecule is COCCCCCNS(=O)(=O)c1cnc(N)c(Cl)c1. The molecule has 0 amide bonds. The van der Waals surface area contributed by atoms with Gasteiger partial charge in [0.25, 0.3) is 0 Å². The van der Waals surface area contributed by atoms with Crippen molar-refractivity contribution in [1.29, 1.82) is 0 Å². The molecule has 0 saturated heterocycles. The lowest BCUT2D eigenvalue weighted by Gasteiger charge is -2.07. The van der Waals surface area contributed by atoms with Gasteiger partial charge in [0.05, 0.1) is 5.02 Å². The van der Waals surface area contributed by atoms with E-state index in [9.17, 15) is 8.42 Å². The molecule has 0 bridgehead atoms. The molecule has 0 spiro atoms. The predicted molar refractivity (Wildman–Crippen MR) is 74.6 cm³/mol. The van der Waals surface area contributed by atoms with Crippen molar-refractivity contribution in [3.63, 3.8) is 0 Å². The summed E-state index contributed by atoms with van der Waals surface area (Å²) in [6.07, 6.45) is 3.75. The second kappa shape index (κ2) is 7.64. The molecule has 3 N–H and O–H groups in total. The molecule has 0 aliphatic carbocycles. The number of sulfonamides is 1. The van der Waals surface area contributed by atoms with Crippen LogP contribution in [0.25, 0.3) is 0 Å². The van der Waals surface area contributed by atoms with Gasteiger partial charge in [0.2, 0.25) is 10.0 Å². The largest absolute Gasteiger partial charge is 0.385 e. The maximum Gasteiger partial charge on any atom is 0.242 e. The van der Waals surface area contributed by atoms with Crippen LogP contribution in [0.15, 0.2) is 17.2 Å². The van der Waals surface area contributed by atoms with Gasteiger partial charge in [-0.2, -0.15) is 0 Å². The first-order valence-electron chi connectivity index (χ1n) is 5.87. The Morgan fingerprint density at radius 3 is 2.79 bits per heavy atom. The molecule has 0 fully saturated rings. The Hall–Kier alpha value is -0.890. The van der Waals surface area contributed by atoms with E-state index in [1.54, 1.807) is 7.11 Å². The van der Waals surface area contributed by atoms with Crippen LogP contribution in [0, 0.1) is 0 Å². The maximum atomic E-state index is 11.9. The Bertz CT molecular complexity index is 508. The average Bonchev–Trinajstić information content (AvgIpc) is 2.36. The van der Waals surface area contributed by atoms with Gasteiger partial charge in [-0.25, -0.2) is 18.1 Å². The third-order valence-corrected chi connectivity index (χ3v) is 4.20. The second-order valence-electron chi connectivity index (χ2n) is 3.99. The molecule has 1 rings (SSSR count). The van der Waals surface area contributed by atoms with Crippen LogP contribution >= 0.6 is 11.6 Å². The van der Waals surface area contributed by atoms with E-state index in [1.807, 2.05) is 0 Å². The van der Waals surface area contributed by atoms with Crippen molar-refractivity contribution in [1.82, 2.24) is 9.71 Å². The predicted octanol–water partition coefficient (Wildman–Crippen LogP) is 1.41. The summed E-state index contributed by atoms with van der Waals surface area (Å²) >= 11 is 5.74. The average molecular weight is 308 g/mol. The molecule has 8 heteroatoms. The van der Waals surface area contributed by atoms with Gasteiger partial charge in [-0.1, -0.05) is 11.6 Å². The summed E-state index contributed by atoms with van der Waals surface area (Å²) < 4.78 is 31.2. The molecule has 0 aliphatic heterocycles. The first-order valence-corrected chi connectivity index (χ1v) is 7.73. The van der Waals surface area contributed by atoms with E-state index in [-0.39, 0.29) is 15.7 Å². The van der Waals surface area contributed by atoms with Crippen molar-refractivity contribution in [2.24, 2.45) is 0 Å². The standard InChI is InChI=1S/C11H18ClN3O3S/c1-18-6-4-2-3-5-15-19(16,17)9-7-10(12)11(13)14-8-9/h7-8,15H,2-6H2,1H3,(H2,13,14). The van der Waals surface area contributed by atoms with Crippen LogP contribution in [0.1, 0.15) is 19.3 Å². The number of aromatic nitrogens is 1. The van der Waals surface area contributed by atoms with E-state index >= 15 is 0 Å². The number of methoxy groups -OCH3 is 1. The summed E-state index contributed by atoms with van der Waals surface area (Å²) in [5, 5.41) is 0.128. The highest BCUT2D eigenvalue weighted by atomic mass is 35.5. The Morgan fingerprint density at radius 1 is 1.42 bits per heavy atom. The summed E-state index contributed by atoms with van der Waals surface area (Å²) in [6, 6.07) is 1.29. The number of nitrogen functional groups attached to an aromatic ring is 1. The van der Waals surface area contributed by atoms with Crippen LogP contribution in [-0.2, 0) is 14.8 Å². The molecule has 0 radical (unpaired) electrons. The molecule has 0 aliphatic rings. The highest BCUT2D eigenvalue weighted by Gasteiger charge is 2.15. The number of hydrogen-bond donors (Lipinski definition) is 2. The molecule has 0 unspecified atom stereocenters. The van der Waals surface area contributed by atoms with Crippen LogP contribution in [0.3, 0.4) is 0 Å². The zero-order chi connectivity index (χ0) is 14.3. The molecule has 6 nitrogen and oxygen atoms in total. The van der Waals surface area contributed by atoms with Gasteiger partial charge in [-0.3, -0.25) is 0 Å². The lowest BCUT2D eigenvalue weighted by atomic mass is 10.2. The monoisotopic (exact) mass is 307 g/mol. The summed E-state index contributed by atoms with van der Waals surface area (Å²) in [5.41, 5.74) is 5.43. The minimum atomic E-state index is -3.58. The molecular formula is C11H18ClN3O3S.